The Morgan fingerprint density at radius 2 is 1.38 bits per heavy atom. The summed E-state index contributed by atoms with van der Waals surface area (Å²) >= 11 is 0. The zero-order chi connectivity index (χ0) is 16.7. The Kier molecular flexibility index (Phi) is 8.35. The highest BCUT2D eigenvalue weighted by Crippen LogP contribution is 2.29. The molecule has 0 aromatic carbocycles. The van der Waals surface area contributed by atoms with Crippen LogP contribution in [0.25, 0.3) is 0 Å². The maximum Gasteiger partial charge on any atom is 0.339 e. The molecular weight excluding hydrogens is 280 g/mol. The Morgan fingerprint density at radius 1 is 0.952 bits per heavy atom. The first-order chi connectivity index (χ1) is 9.52. The van der Waals surface area contributed by atoms with Crippen LogP contribution < -0.4 is 0 Å². The van der Waals surface area contributed by atoms with Crippen LogP contribution in [0.5, 0.6) is 0 Å². The molecule has 0 radical (unpaired) electrons. The van der Waals surface area contributed by atoms with Gasteiger partial charge in [-0.1, -0.05) is 27.7 Å². The minimum absolute atomic E-state index is 0.195. The van der Waals surface area contributed by atoms with Gasteiger partial charge in [-0.15, -0.1) is 4.89 Å². The van der Waals surface area contributed by atoms with E-state index < -0.39 is 17.5 Å². The first kappa shape index (κ1) is 20.3. The minimum Gasteiger partial charge on any atom is -0.296 e. The van der Waals surface area contributed by atoms with Crippen molar-refractivity contribution in [1.82, 2.24) is 0 Å². The van der Waals surface area contributed by atoms with E-state index in [1.165, 1.54) is 13.8 Å². The molecule has 0 heterocycles. The summed E-state index contributed by atoms with van der Waals surface area (Å²) in [5.74, 6) is -2.85. The van der Waals surface area contributed by atoms with E-state index in [9.17, 15) is 4.79 Å². The van der Waals surface area contributed by atoms with E-state index in [0.717, 1.165) is 0 Å². The molecule has 2 unspecified atom stereocenters. The summed E-state index contributed by atoms with van der Waals surface area (Å²) < 4.78 is 0. The average Bonchev–Trinajstić information content (AvgIpc) is 2.33. The fourth-order valence-corrected chi connectivity index (χ4v) is 1.97. The Hall–Kier alpha value is -0.730. The number of hydrogen-bond donors (Lipinski definition) is 1. The second-order valence-electron chi connectivity index (χ2n) is 6.38. The molecule has 21 heavy (non-hydrogen) atoms. The van der Waals surface area contributed by atoms with Crippen LogP contribution in [0.4, 0.5) is 0 Å². The molecule has 2 atom stereocenters. The van der Waals surface area contributed by atoms with E-state index >= 15 is 0 Å². The molecule has 0 aliphatic heterocycles. The van der Waals surface area contributed by atoms with Crippen LogP contribution >= 0.6 is 0 Å². The van der Waals surface area contributed by atoms with E-state index in [1.54, 1.807) is 6.92 Å². The highest BCUT2D eigenvalue weighted by molar-refractivity contribution is 5.65. The van der Waals surface area contributed by atoms with Gasteiger partial charge in [0.25, 0.3) is 0 Å². The zero-order valence-electron chi connectivity index (χ0n) is 14.0. The largest absolute Gasteiger partial charge is 0.339 e. The maximum absolute atomic E-state index is 10.9. The van der Waals surface area contributed by atoms with Crippen molar-refractivity contribution in [2.75, 3.05) is 0 Å². The third kappa shape index (κ3) is 9.00. The van der Waals surface area contributed by atoms with Crippen LogP contribution in [0.3, 0.4) is 0 Å². The van der Waals surface area contributed by atoms with Crippen molar-refractivity contribution < 1.29 is 34.5 Å². The summed E-state index contributed by atoms with van der Waals surface area (Å²) in [5.41, 5.74) is 0. The van der Waals surface area contributed by atoms with Gasteiger partial charge in [-0.2, -0.15) is 9.78 Å². The molecule has 0 saturated carbocycles. The van der Waals surface area contributed by atoms with Gasteiger partial charge in [0.15, 0.2) is 0 Å². The van der Waals surface area contributed by atoms with Gasteiger partial charge < -0.3 is 0 Å². The topological polar surface area (TPSA) is 83.5 Å². The van der Waals surface area contributed by atoms with Crippen molar-refractivity contribution in [2.24, 2.45) is 11.8 Å². The monoisotopic (exact) mass is 308 g/mol. The summed E-state index contributed by atoms with van der Waals surface area (Å²) in [5, 5.41) is 9.00. The standard InChI is InChI=1S/C14H28O7/c1-10(2)8-13(6,18-16)20-21-14(7,9-11(3)4)19-17-12(5)15/h10-11,16H,8-9H2,1-7H3. The number of hydrogen-bond acceptors (Lipinski definition) is 7. The van der Waals surface area contributed by atoms with Crippen LogP contribution in [0, 0.1) is 11.8 Å². The van der Waals surface area contributed by atoms with Gasteiger partial charge >= 0.3 is 5.97 Å². The van der Waals surface area contributed by atoms with Crippen LogP contribution in [0.2, 0.25) is 0 Å². The highest BCUT2D eigenvalue weighted by atomic mass is 17.3. The maximum atomic E-state index is 10.9. The summed E-state index contributed by atoms with van der Waals surface area (Å²) in [6.45, 7) is 12.1. The molecule has 0 saturated heterocycles. The molecule has 0 amide bonds. The van der Waals surface area contributed by atoms with Crippen molar-refractivity contribution in [3.63, 3.8) is 0 Å². The SMILES string of the molecule is CC(=O)OOC(C)(CC(C)C)OOC(C)(CC(C)C)OO. The van der Waals surface area contributed by atoms with Crippen LogP contribution in [0.15, 0.2) is 0 Å². The van der Waals surface area contributed by atoms with Crippen molar-refractivity contribution >= 4 is 5.97 Å². The highest BCUT2D eigenvalue weighted by Gasteiger charge is 2.37. The van der Waals surface area contributed by atoms with Gasteiger partial charge in [0, 0.05) is 19.8 Å². The zero-order valence-corrected chi connectivity index (χ0v) is 14.0. The van der Waals surface area contributed by atoms with Gasteiger partial charge in [-0.3, -0.25) is 4.89 Å². The molecule has 0 bridgehead atoms. The Bertz CT molecular complexity index is 318. The number of carbonyl (C=O) groups is 1. The first-order valence-corrected chi connectivity index (χ1v) is 7.07. The average molecular weight is 308 g/mol. The predicted octanol–water partition coefficient (Wildman–Crippen LogP) is 3.44. The number of carbonyl (C=O) groups excluding carboxylic acids is 1. The lowest BCUT2D eigenvalue weighted by Gasteiger charge is -2.32. The Morgan fingerprint density at radius 3 is 1.76 bits per heavy atom. The van der Waals surface area contributed by atoms with Crippen LogP contribution in [-0.4, -0.2) is 22.8 Å². The van der Waals surface area contributed by atoms with Gasteiger partial charge in [0.1, 0.15) is 0 Å². The van der Waals surface area contributed by atoms with Gasteiger partial charge in [-0.25, -0.2) is 14.9 Å². The van der Waals surface area contributed by atoms with Crippen molar-refractivity contribution in [2.45, 2.75) is 72.9 Å². The minimum atomic E-state index is -1.34. The molecule has 0 fully saturated rings. The Balaban J connectivity index is 4.75. The molecule has 0 aliphatic carbocycles. The van der Waals surface area contributed by atoms with Crippen molar-refractivity contribution in [3.8, 4) is 0 Å². The van der Waals surface area contributed by atoms with Crippen molar-refractivity contribution in [1.29, 1.82) is 0 Å². The third-order valence-electron chi connectivity index (χ3n) is 2.48. The third-order valence-corrected chi connectivity index (χ3v) is 2.48. The second-order valence-corrected chi connectivity index (χ2v) is 6.38. The summed E-state index contributed by atoms with van der Waals surface area (Å²) in [4.78, 5) is 35.3. The molecule has 0 rings (SSSR count). The van der Waals surface area contributed by atoms with Gasteiger partial charge in [0.2, 0.25) is 11.6 Å². The fourth-order valence-electron chi connectivity index (χ4n) is 1.97. The molecule has 0 aliphatic rings. The summed E-state index contributed by atoms with van der Waals surface area (Å²) in [6, 6.07) is 0. The fraction of sp³-hybridized carbons (Fsp3) is 0.929. The molecule has 126 valence electrons. The van der Waals surface area contributed by atoms with Crippen LogP contribution in [-0.2, 0) is 29.2 Å². The molecule has 1 N–H and O–H groups in total. The van der Waals surface area contributed by atoms with E-state index in [4.69, 9.17) is 19.9 Å². The lowest BCUT2D eigenvalue weighted by Crippen LogP contribution is -2.41. The van der Waals surface area contributed by atoms with Crippen molar-refractivity contribution in [3.05, 3.63) is 0 Å². The number of rotatable bonds is 10. The van der Waals surface area contributed by atoms with Crippen LogP contribution in [0.1, 0.15) is 61.3 Å². The van der Waals surface area contributed by atoms with E-state index in [-0.39, 0.29) is 11.8 Å². The molecule has 7 nitrogen and oxygen atoms in total. The molecule has 0 aromatic rings. The Labute approximate surface area is 126 Å². The van der Waals surface area contributed by atoms with E-state index in [2.05, 4.69) is 9.78 Å². The molecule has 0 aromatic heterocycles. The molecular formula is C14H28O7. The smallest absolute Gasteiger partial charge is 0.296 e. The lowest BCUT2D eigenvalue weighted by molar-refractivity contribution is -0.566. The summed E-state index contributed by atoms with van der Waals surface area (Å²) in [6.07, 6.45) is 0.804. The van der Waals surface area contributed by atoms with Gasteiger partial charge in [0.05, 0.1) is 0 Å². The van der Waals surface area contributed by atoms with Gasteiger partial charge in [-0.05, 0) is 25.7 Å². The second kappa shape index (κ2) is 8.65. The summed E-state index contributed by atoms with van der Waals surface area (Å²) in [7, 11) is 0. The van der Waals surface area contributed by atoms with E-state index in [0.29, 0.717) is 12.8 Å². The quantitative estimate of drug-likeness (QED) is 0.376. The molecule has 7 heteroatoms. The van der Waals surface area contributed by atoms with E-state index in [1.807, 2.05) is 27.7 Å². The predicted molar refractivity (Wildman–Crippen MR) is 74.5 cm³/mol. The first-order valence-electron chi connectivity index (χ1n) is 7.07. The molecule has 0 spiro atoms. The normalized spacial score (nSPS) is 17.6. The lowest BCUT2D eigenvalue weighted by atomic mass is 10.0.